The van der Waals surface area contributed by atoms with Crippen molar-refractivity contribution in [3.63, 3.8) is 0 Å². The molecule has 1 rings (SSSR count). The fourth-order valence-electron chi connectivity index (χ4n) is 1.72. The van der Waals surface area contributed by atoms with Crippen LogP contribution in [-0.4, -0.2) is 42.6 Å². The van der Waals surface area contributed by atoms with Crippen molar-refractivity contribution in [2.24, 2.45) is 5.92 Å². The number of rotatable bonds is 4. The monoisotopic (exact) mass is 296 g/mol. The maximum atomic E-state index is 12.0. The second-order valence-corrected chi connectivity index (χ2v) is 6.15. The quantitative estimate of drug-likeness (QED) is 0.887. The number of nitrogens with zero attached hydrogens (tertiary/aromatic N) is 2. The lowest BCUT2D eigenvalue weighted by Crippen LogP contribution is -2.39. The molecule has 0 saturated heterocycles. The summed E-state index contributed by atoms with van der Waals surface area (Å²) in [4.78, 5) is 24.9. The second kappa shape index (κ2) is 6.60. The first-order valence-corrected chi connectivity index (χ1v) is 6.86. The van der Waals surface area contributed by atoms with Crippen LogP contribution in [0.5, 0.6) is 0 Å². The molecule has 0 unspecified atom stereocenters. The summed E-state index contributed by atoms with van der Waals surface area (Å²) in [6, 6.07) is 1.37. The molecule has 0 aromatic carbocycles. The van der Waals surface area contributed by atoms with Crippen LogP contribution in [0.15, 0.2) is 10.6 Å². The minimum Gasteiger partial charge on any atom is -0.359 e. The molecular formula is C14H24N4O3. The highest BCUT2D eigenvalue weighted by atomic mass is 16.5. The molecule has 0 fully saturated rings. The van der Waals surface area contributed by atoms with E-state index in [-0.39, 0.29) is 23.3 Å². The molecule has 0 saturated carbocycles. The standard InChI is InChI=1S/C14H24N4O3/c1-9(12(19)15-5)8-18(6)13(20)16-11-7-10(21-17-11)14(2,3)4/h7,9H,8H2,1-6H3,(H,15,19)(H,16,17,20)/t9-/m1/s1. The number of hydrogen-bond donors (Lipinski definition) is 2. The average molecular weight is 296 g/mol. The zero-order chi connectivity index (χ0) is 16.2. The van der Waals surface area contributed by atoms with Crippen LogP contribution in [0, 0.1) is 5.92 Å². The maximum Gasteiger partial charge on any atom is 0.322 e. The smallest absolute Gasteiger partial charge is 0.322 e. The van der Waals surface area contributed by atoms with Gasteiger partial charge in [-0.3, -0.25) is 10.1 Å². The fourth-order valence-corrected chi connectivity index (χ4v) is 1.72. The molecule has 0 aliphatic carbocycles. The summed E-state index contributed by atoms with van der Waals surface area (Å²) in [7, 11) is 3.20. The SMILES string of the molecule is CNC(=O)[C@H](C)CN(C)C(=O)Nc1cc(C(C)(C)C)on1. The Morgan fingerprint density at radius 1 is 1.43 bits per heavy atom. The molecule has 118 valence electrons. The molecule has 0 aliphatic heterocycles. The lowest BCUT2D eigenvalue weighted by Gasteiger charge is -2.20. The van der Waals surface area contributed by atoms with Crippen LogP contribution in [0.25, 0.3) is 0 Å². The van der Waals surface area contributed by atoms with Gasteiger partial charge in [0.15, 0.2) is 5.82 Å². The highest BCUT2D eigenvalue weighted by molar-refractivity contribution is 5.88. The molecule has 7 heteroatoms. The van der Waals surface area contributed by atoms with Crippen molar-refractivity contribution in [1.82, 2.24) is 15.4 Å². The first-order valence-electron chi connectivity index (χ1n) is 6.86. The predicted octanol–water partition coefficient (Wildman–Crippen LogP) is 1.82. The van der Waals surface area contributed by atoms with Crippen molar-refractivity contribution in [3.05, 3.63) is 11.8 Å². The van der Waals surface area contributed by atoms with E-state index in [9.17, 15) is 9.59 Å². The Morgan fingerprint density at radius 2 is 2.05 bits per heavy atom. The van der Waals surface area contributed by atoms with Gasteiger partial charge in [0.25, 0.3) is 0 Å². The molecule has 0 aliphatic rings. The van der Waals surface area contributed by atoms with Gasteiger partial charge in [-0.15, -0.1) is 0 Å². The first-order chi connectivity index (χ1) is 9.65. The Balaban J connectivity index is 2.60. The molecule has 1 heterocycles. The number of hydrogen-bond acceptors (Lipinski definition) is 4. The number of nitrogens with one attached hydrogen (secondary N) is 2. The lowest BCUT2D eigenvalue weighted by molar-refractivity contribution is -0.124. The van der Waals surface area contributed by atoms with Crippen LogP contribution in [0.1, 0.15) is 33.5 Å². The van der Waals surface area contributed by atoms with E-state index in [1.807, 2.05) is 20.8 Å². The summed E-state index contributed by atoms with van der Waals surface area (Å²) in [5.74, 6) is 0.669. The zero-order valence-corrected chi connectivity index (χ0v) is 13.5. The molecule has 3 amide bonds. The van der Waals surface area contributed by atoms with Gasteiger partial charge in [0.1, 0.15) is 5.76 Å². The van der Waals surface area contributed by atoms with Crippen molar-refractivity contribution in [2.45, 2.75) is 33.1 Å². The number of aromatic nitrogens is 1. The highest BCUT2D eigenvalue weighted by Crippen LogP contribution is 2.24. The molecule has 0 spiro atoms. The van der Waals surface area contributed by atoms with Gasteiger partial charge in [-0.25, -0.2) is 4.79 Å². The summed E-state index contributed by atoms with van der Waals surface area (Å²) >= 11 is 0. The molecule has 2 N–H and O–H groups in total. The molecule has 1 atom stereocenters. The highest BCUT2D eigenvalue weighted by Gasteiger charge is 2.22. The first kappa shape index (κ1) is 17.0. The molecular weight excluding hydrogens is 272 g/mol. The molecule has 0 bridgehead atoms. The van der Waals surface area contributed by atoms with Crippen molar-refractivity contribution >= 4 is 17.8 Å². The number of carbonyl (C=O) groups excluding carboxylic acids is 2. The van der Waals surface area contributed by atoms with Gasteiger partial charge < -0.3 is 14.7 Å². The van der Waals surface area contributed by atoms with Crippen LogP contribution in [-0.2, 0) is 10.2 Å². The summed E-state index contributed by atoms with van der Waals surface area (Å²) in [5.41, 5.74) is -0.171. The van der Waals surface area contributed by atoms with E-state index in [1.54, 1.807) is 27.1 Å². The Morgan fingerprint density at radius 3 is 2.52 bits per heavy atom. The van der Waals surface area contributed by atoms with Gasteiger partial charge in [-0.1, -0.05) is 32.9 Å². The summed E-state index contributed by atoms with van der Waals surface area (Å²) in [5, 5.41) is 9.02. The van der Waals surface area contributed by atoms with Crippen LogP contribution in [0.2, 0.25) is 0 Å². The van der Waals surface area contributed by atoms with Gasteiger partial charge in [-0.05, 0) is 0 Å². The van der Waals surface area contributed by atoms with E-state index in [1.165, 1.54) is 4.90 Å². The summed E-state index contributed by atoms with van der Waals surface area (Å²) in [6.07, 6.45) is 0. The molecule has 1 aromatic rings. The van der Waals surface area contributed by atoms with Crippen molar-refractivity contribution in [3.8, 4) is 0 Å². The number of urea groups is 1. The van der Waals surface area contributed by atoms with Crippen LogP contribution in [0.4, 0.5) is 10.6 Å². The third-order valence-electron chi connectivity index (χ3n) is 3.07. The fraction of sp³-hybridized carbons (Fsp3) is 0.643. The van der Waals surface area contributed by atoms with E-state index >= 15 is 0 Å². The van der Waals surface area contributed by atoms with Gasteiger partial charge >= 0.3 is 6.03 Å². The maximum absolute atomic E-state index is 12.0. The van der Waals surface area contributed by atoms with Crippen molar-refractivity contribution in [2.75, 3.05) is 26.0 Å². The van der Waals surface area contributed by atoms with E-state index in [0.717, 1.165) is 0 Å². The predicted molar refractivity (Wildman–Crippen MR) is 80.1 cm³/mol. The zero-order valence-electron chi connectivity index (χ0n) is 13.5. The van der Waals surface area contributed by atoms with Crippen LogP contribution < -0.4 is 10.6 Å². The van der Waals surface area contributed by atoms with Crippen molar-refractivity contribution in [1.29, 1.82) is 0 Å². The molecule has 1 aromatic heterocycles. The summed E-state index contributed by atoms with van der Waals surface area (Å²) in [6.45, 7) is 8.06. The number of anilines is 1. The van der Waals surface area contributed by atoms with E-state index in [4.69, 9.17) is 4.52 Å². The van der Waals surface area contributed by atoms with Crippen LogP contribution in [0.3, 0.4) is 0 Å². The van der Waals surface area contributed by atoms with Gasteiger partial charge in [0.2, 0.25) is 5.91 Å². The Bertz CT molecular complexity index is 505. The molecule has 7 nitrogen and oxygen atoms in total. The third-order valence-corrected chi connectivity index (χ3v) is 3.07. The number of amides is 3. The van der Waals surface area contributed by atoms with Crippen LogP contribution >= 0.6 is 0 Å². The van der Waals surface area contributed by atoms with E-state index < -0.39 is 0 Å². The Kier molecular flexibility index (Phi) is 5.34. The largest absolute Gasteiger partial charge is 0.359 e. The number of carbonyl (C=O) groups is 2. The van der Waals surface area contributed by atoms with Crippen molar-refractivity contribution < 1.29 is 14.1 Å². The lowest BCUT2D eigenvalue weighted by atomic mass is 9.93. The minimum absolute atomic E-state index is 0.105. The summed E-state index contributed by atoms with van der Waals surface area (Å²) < 4.78 is 5.20. The van der Waals surface area contributed by atoms with Gasteiger partial charge in [-0.2, -0.15) is 0 Å². The van der Waals surface area contributed by atoms with Gasteiger partial charge in [0, 0.05) is 32.1 Å². The van der Waals surface area contributed by atoms with E-state index in [0.29, 0.717) is 18.1 Å². The molecule has 21 heavy (non-hydrogen) atoms. The second-order valence-electron chi connectivity index (χ2n) is 6.15. The normalized spacial score (nSPS) is 12.7. The van der Waals surface area contributed by atoms with Gasteiger partial charge in [0.05, 0.1) is 5.92 Å². The Labute approximate surface area is 125 Å². The topological polar surface area (TPSA) is 87.5 Å². The molecule has 0 radical (unpaired) electrons. The third kappa shape index (κ3) is 4.77. The minimum atomic E-state index is -0.334. The average Bonchev–Trinajstić information content (AvgIpc) is 2.85. The van der Waals surface area contributed by atoms with E-state index in [2.05, 4.69) is 15.8 Å². The Hall–Kier alpha value is -2.05.